The highest BCUT2D eigenvalue weighted by Crippen LogP contribution is 2.32. The lowest BCUT2D eigenvalue weighted by Crippen LogP contribution is -2.39. The zero-order chi connectivity index (χ0) is 20.5. The molecule has 1 saturated heterocycles. The number of rotatable bonds is 9. The lowest BCUT2D eigenvalue weighted by molar-refractivity contribution is -0.142. The number of amides is 3. The number of thioether (sulfide) groups is 1. The summed E-state index contributed by atoms with van der Waals surface area (Å²) >= 11 is 0.794. The zero-order valence-electron chi connectivity index (χ0n) is 15.7. The maximum absolute atomic E-state index is 12.4. The molecule has 2 rings (SSSR count). The maximum atomic E-state index is 12.4. The summed E-state index contributed by atoms with van der Waals surface area (Å²) in [6, 6.07) is 6.66. The van der Waals surface area contributed by atoms with E-state index in [2.05, 4.69) is 10.1 Å². The smallest absolute Gasteiger partial charge is 0.343 e. The van der Waals surface area contributed by atoms with Gasteiger partial charge in [0.05, 0.1) is 12.0 Å². The predicted octanol–water partition coefficient (Wildman–Crippen LogP) is 2.19. The molecule has 150 valence electrons. The van der Waals surface area contributed by atoms with Crippen molar-refractivity contribution in [2.45, 2.75) is 19.8 Å². The van der Waals surface area contributed by atoms with Crippen LogP contribution < -0.4 is 10.1 Å². The molecule has 3 amide bonds. The van der Waals surface area contributed by atoms with Crippen molar-refractivity contribution in [3.8, 4) is 5.75 Å². The van der Waals surface area contributed by atoms with Crippen molar-refractivity contribution in [1.29, 1.82) is 0 Å². The molecular formula is C19H22N2O6S. The second kappa shape index (κ2) is 10.5. The van der Waals surface area contributed by atoms with Gasteiger partial charge in [-0.25, -0.2) is 4.79 Å². The second-order valence-corrected chi connectivity index (χ2v) is 6.90. The van der Waals surface area contributed by atoms with Gasteiger partial charge in [-0.2, -0.15) is 0 Å². The van der Waals surface area contributed by atoms with Crippen LogP contribution in [0.4, 0.5) is 4.79 Å². The van der Waals surface area contributed by atoms with Crippen molar-refractivity contribution in [1.82, 2.24) is 10.2 Å². The van der Waals surface area contributed by atoms with Crippen LogP contribution in [0.2, 0.25) is 0 Å². The fraction of sp³-hybridized carbons (Fsp3) is 0.368. The monoisotopic (exact) mass is 406 g/mol. The topological polar surface area (TPSA) is 102 Å². The van der Waals surface area contributed by atoms with Gasteiger partial charge in [0.1, 0.15) is 12.3 Å². The van der Waals surface area contributed by atoms with Gasteiger partial charge >= 0.3 is 5.97 Å². The van der Waals surface area contributed by atoms with Crippen LogP contribution in [-0.2, 0) is 19.1 Å². The van der Waals surface area contributed by atoms with Gasteiger partial charge in [-0.05, 0) is 42.0 Å². The summed E-state index contributed by atoms with van der Waals surface area (Å²) in [6.07, 6.45) is 3.36. The van der Waals surface area contributed by atoms with Gasteiger partial charge in [0, 0.05) is 6.54 Å². The van der Waals surface area contributed by atoms with Gasteiger partial charge < -0.3 is 14.8 Å². The lowest BCUT2D eigenvalue weighted by atomic mass is 10.2. The van der Waals surface area contributed by atoms with Crippen LogP contribution in [0.1, 0.15) is 25.3 Å². The molecule has 1 fully saturated rings. The van der Waals surface area contributed by atoms with Gasteiger partial charge in [0.2, 0.25) is 5.91 Å². The summed E-state index contributed by atoms with van der Waals surface area (Å²) in [5.74, 6) is -0.869. The molecule has 0 spiro atoms. The quantitative estimate of drug-likeness (QED) is 0.381. The van der Waals surface area contributed by atoms with E-state index >= 15 is 0 Å². The molecule has 0 saturated carbocycles. The number of benzene rings is 1. The van der Waals surface area contributed by atoms with E-state index in [9.17, 15) is 19.2 Å². The first-order valence-electron chi connectivity index (χ1n) is 8.76. The Hall–Kier alpha value is -2.81. The summed E-state index contributed by atoms with van der Waals surface area (Å²) in [5, 5.41) is 2.21. The third-order valence-electron chi connectivity index (χ3n) is 3.79. The first kappa shape index (κ1) is 21.5. The first-order chi connectivity index (χ1) is 13.4. The van der Waals surface area contributed by atoms with Crippen LogP contribution in [0.15, 0.2) is 29.2 Å². The van der Waals surface area contributed by atoms with Crippen molar-refractivity contribution < 1.29 is 28.7 Å². The third kappa shape index (κ3) is 6.12. The van der Waals surface area contributed by atoms with Crippen molar-refractivity contribution in [3.05, 3.63) is 34.7 Å². The molecule has 0 atom stereocenters. The molecule has 1 aromatic rings. The SMILES string of the molecule is CCCCNC(=O)CN1C(=O)S/C(=C\c2ccc(OCC(=O)OC)cc2)C1=O. The Balaban J connectivity index is 1.97. The van der Waals surface area contributed by atoms with E-state index in [1.807, 2.05) is 6.92 Å². The summed E-state index contributed by atoms with van der Waals surface area (Å²) in [4.78, 5) is 48.6. The van der Waals surface area contributed by atoms with Gasteiger partial charge in [-0.15, -0.1) is 0 Å². The normalized spacial score (nSPS) is 15.1. The molecule has 1 heterocycles. The highest BCUT2D eigenvalue weighted by molar-refractivity contribution is 8.18. The molecule has 8 nitrogen and oxygen atoms in total. The number of carbonyl (C=O) groups excluding carboxylic acids is 4. The summed E-state index contributed by atoms with van der Waals surface area (Å²) < 4.78 is 9.74. The fourth-order valence-corrected chi connectivity index (χ4v) is 3.09. The molecule has 0 radical (unpaired) electrons. The molecular weight excluding hydrogens is 384 g/mol. The zero-order valence-corrected chi connectivity index (χ0v) is 16.5. The molecule has 1 N–H and O–H groups in total. The Morgan fingerprint density at radius 1 is 1.21 bits per heavy atom. The second-order valence-electron chi connectivity index (χ2n) is 5.91. The predicted molar refractivity (Wildman–Crippen MR) is 105 cm³/mol. The molecule has 0 bridgehead atoms. The highest BCUT2D eigenvalue weighted by atomic mass is 32.2. The number of methoxy groups -OCH3 is 1. The number of nitrogens with one attached hydrogen (secondary N) is 1. The van der Waals surface area contributed by atoms with Crippen LogP contribution in [0.25, 0.3) is 6.08 Å². The molecule has 1 aliphatic rings. The molecule has 28 heavy (non-hydrogen) atoms. The minimum absolute atomic E-state index is 0.199. The Bertz CT molecular complexity index is 775. The summed E-state index contributed by atoms with van der Waals surface area (Å²) in [7, 11) is 1.27. The minimum Gasteiger partial charge on any atom is -0.482 e. The van der Waals surface area contributed by atoms with E-state index in [0.717, 1.165) is 29.5 Å². The van der Waals surface area contributed by atoms with E-state index in [1.165, 1.54) is 7.11 Å². The number of carbonyl (C=O) groups is 4. The van der Waals surface area contributed by atoms with Gasteiger partial charge in [0.25, 0.3) is 11.1 Å². The van der Waals surface area contributed by atoms with Crippen LogP contribution in [0.5, 0.6) is 5.75 Å². The number of esters is 1. The lowest BCUT2D eigenvalue weighted by Gasteiger charge is -2.12. The average molecular weight is 406 g/mol. The van der Waals surface area contributed by atoms with Crippen LogP contribution in [0, 0.1) is 0 Å². The Morgan fingerprint density at radius 2 is 1.93 bits per heavy atom. The van der Waals surface area contributed by atoms with Crippen LogP contribution >= 0.6 is 11.8 Å². The Morgan fingerprint density at radius 3 is 2.57 bits per heavy atom. The van der Waals surface area contributed by atoms with Crippen molar-refractivity contribution in [2.75, 3.05) is 26.8 Å². The number of ether oxygens (including phenoxy) is 2. The van der Waals surface area contributed by atoms with Crippen LogP contribution in [-0.4, -0.2) is 54.7 Å². The number of imide groups is 1. The van der Waals surface area contributed by atoms with Crippen molar-refractivity contribution in [2.24, 2.45) is 0 Å². The van der Waals surface area contributed by atoms with E-state index in [0.29, 0.717) is 17.9 Å². The first-order valence-corrected chi connectivity index (χ1v) is 9.58. The Kier molecular flexibility index (Phi) is 8.06. The largest absolute Gasteiger partial charge is 0.482 e. The maximum Gasteiger partial charge on any atom is 0.343 e. The van der Waals surface area contributed by atoms with Gasteiger partial charge in [-0.1, -0.05) is 25.5 Å². The molecule has 0 unspecified atom stereocenters. The van der Waals surface area contributed by atoms with E-state index < -0.39 is 17.1 Å². The molecule has 0 aromatic heterocycles. The fourth-order valence-electron chi connectivity index (χ4n) is 2.25. The van der Waals surface area contributed by atoms with Gasteiger partial charge in [-0.3, -0.25) is 19.3 Å². The van der Waals surface area contributed by atoms with Gasteiger partial charge in [0.15, 0.2) is 6.61 Å². The number of hydrogen-bond donors (Lipinski definition) is 1. The van der Waals surface area contributed by atoms with E-state index in [1.54, 1.807) is 30.3 Å². The number of nitrogens with zero attached hydrogens (tertiary/aromatic N) is 1. The van der Waals surface area contributed by atoms with E-state index in [-0.39, 0.29) is 24.0 Å². The summed E-state index contributed by atoms with van der Waals surface area (Å²) in [6.45, 7) is 2.04. The highest BCUT2D eigenvalue weighted by Gasteiger charge is 2.36. The number of unbranched alkanes of at least 4 members (excludes halogenated alkanes) is 1. The molecule has 9 heteroatoms. The molecule has 1 aromatic carbocycles. The molecule has 0 aliphatic carbocycles. The third-order valence-corrected chi connectivity index (χ3v) is 4.70. The Labute approximate surface area is 167 Å². The summed E-state index contributed by atoms with van der Waals surface area (Å²) in [5.41, 5.74) is 0.684. The number of hydrogen-bond acceptors (Lipinski definition) is 7. The van der Waals surface area contributed by atoms with Crippen molar-refractivity contribution in [3.63, 3.8) is 0 Å². The van der Waals surface area contributed by atoms with Crippen LogP contribution in [0.3, 0.4) is 0 Å². The van der Waals surface area contributed by atoms with Crippen molar-refractivity contribution >= 4 is 40.9 Å². The average Bonchev–Trinajstić information content (AvgIpc) is 2.94. The minimum atomic E-state index is -0.494. The van der Waals surface area contributed by atoms with E-state index in [4.69, 9.17) is 4.74 Å². The standard InChI is InChI=1S/C19H22N2O6S/c1-3-4-9-20-16(22)11-21-18(24)15(28-19(21)25)10-13-5-7-14(8-6-13)27-12-17(23)26-2/h5-8,10H,3-4,9,11-12H2,1-2H3,(H,20,22)/b15-10-. The molecule has 1 aliphatic heterocycles.